The summed E-state index contributed by atoms with van der Waals surface area (Å²) in [5, 5.41) is 18.8. The zero-order valence-electron chi connectivity index (χ0n) is 17.2. The number of nitrogens with one attached hydrogen (secondary N) is 2. The summed E-state index contributed by atoms with van der Waals surface area (Å²) in [5.41, 5.74) is 2.73. The van der Waals surface area contributed by atoms with E-state index in [0.717, 1.165) is 23.4 Å². The first-order valence-corrected chi connectivity index (χ1v) is 9.85. The highest BCUT2D eigenvalue weighted by atomic mass is 16.5. The molecular weight excluding hydrogens is 380 g/mol. The number of carbonyl (C=O) groups is 1. The average Bonchev–Trinajstić information content (AvgIpc) is 3.41. The summed E-state index contributed by atoms with van der Waals surface area (Å²) in [7, 11) is 1.62. The number of nitrogens with zero attached hydrogens (tertiary/aromatic N) is 4. The first kappa shape index (κ1) is 19.6. The van der Waals surface area contributed by atoms with Crippen molar-refractivity contribution in [2.24, 2.45) is 5.92 Å². The predicted octanol–water partition coefficient (Wildman–Crippen LogP) is 3.65. The van der Waals surface area contributed by atoms with Gasteiger partial charge in [-0.1, -0.05) is 19.9 Å². The van der Waals surface area contributed by atoms with Crippen molar-refractivity contribution >= 4 is 11.6 Å². The smallest absolute Gasteiger partial charge is 0.269 e. The largest absolute Gasteiger partial charge is 0.497 e. The van der Waals surface area contributed by atoms with Gasteiger partial charge in [0.1, 0.15) is 11.4 Å². The van der Waals surface area contributed by atoms with Crippen LogP contribution in [0.2, 0.25) is 0 Å². The SMILES string of the molecule is COc1ccc(-c2cc(C(=O)N[C@@H](CC(C)C)c3nnc4ccccn34)[nH]n2)cc1. The minimum atomic E-state index is -0.275. The zero-order chi connectivity index (χ0) is 21.1. The van der Waals surface area contributed by atoms with Gasteiger partial charge in [-0.25, -0.2) is 0 Å². The molecule has 0 fully saturated rings. The van der Waals surface area contributed by atoms with E-state index in [4.69, 9.17) is 4.74 Å². The molecular formula is C22H24N6O2. The first-order valence-electron chi connectivity index (χ1n) is 9.85. The van der Waals surface area contributed by atoms with Gasteiger partial charge in [-0.05, 0) is 54.8 Å². The summed E-state index contributed by atoms with van der Waals surface area (Å²) in [6, 6.07) is 14.7. The van der Waals surface area contributed by atoms with Gasteiger partial charge in [0.05, 0.1) is 18.8 Å². The van der Waals surface area contributed by atoms with Gasteiger partial charge in [-0.2, -0.15) is 5.10 Å². The van der Waals surface area contributed by atoms with E-state index in [1.807, 2.05) is 53.1 Å². The number of rotatable bonds is 7. The maximum absolute atomic E-state index is 13.0. The van der Waals surface area contributed by atoms with E-state index in [-0.39, 0.29) is 11.9 Å². The monoisotopic (exact) mass is 404 g/mol. The van der Waals surface area contributed by atoms with Crippen molar-refractivity contribution < 1.29 is 9.53 Å². The number of H-pyrrole nitrogens is 1. The van der Waals surface area contributed by atoms with Crippen molar-refractivity contribution in [2.45, 2.75) is 26.3 Å². The molecule has 4 aromatic rings. The second-order valence-corrected chi connectivity index (χ2v) is 7.54. The Balaban J connectivity index is 1.56. The van der Waals surface area contributed by atoms with Gasteiger partial charge >= 0.3 is 0 Å². The summed E-state index contributed by atoms with van der Waals surface area (Å²) >= 11 is 0. The van der Waals surface area contributed by atoms with Gasteiger partial charge in [0, 0.05) is 11.8 Å². The van der Waals surface area contributed by atoms with Crippen LogP contribution in [0.15, 0.2) is 54.7 Å². The van der Waals surface area contributed by atoms with Crippen LogP contribution in [0.1, 0.15) is 42.6 Å². The molecule has 30 heavy (non-hydrogen) atoms. The van der Waals surface area contributed by atoms with E-state index in [9.17, 15) is 4.79 Å². The molecule has 1 aromatic carbocycles. The Morgan fingerprint density at radius 2 is 1.97 bits per heavy atom. The zero-order valence-corrected chi connectivity index (χ0v) is 17.2. The van der Waals surface area contributed by atoms with Crippen LogP contribution >= 0.6 is 0 Å². The van der Waals surface area contributed by atoms with E-state index >= 15 is 0 Å². The number of hydrogen-bond acceptors (Lipinski definition) is 5. The molecule has 0 saturated carbocycles. The number of aromatic amines is 1. The van der Waals surface area contributed by atoms with Crippen molar-refractivity contribution in [3.63, 3.8) is 0 Å². The molecule has 4 rings (SSSR count). The lowest BCUT2D eigenvalue weighted by Gasteiger charge is -2.18. The van der Waals surface area contributed by atoms with Crippen LogP contribution in [0.25, 0.3) is 16.9 Å². The molecule has 8 nitrogen and oxygen atoms in total. The highest BCUT2D eigenvalue weighted by molar-refractivity contribution is 5.93. The summed E-state index contributed by atoms with van der Waals surface area (Å²) in [6.07, 6.45) is 2.64. The Kier molecular flexibility index (Phi) is 5.47. The fourth-order valence-electron chi connectivity index (χ4n) is 3.38. The van der Waals surface area contributed by atoms with Crippen molar-refractivity contribution in [3.8, 4) is 17.0 Å². The number of carbonyl (C=O) groups excluding carboxylic acids is 1. The van der Waals surface area contributed by atoms with Gasteiger partial charge in [-0.3, -0.25) is 14.3 Å². The van der Waals surface area contributed by atoms with Crippen LogP contribution in [-0.2, 0) is 0 Å². The standard InChI is InChI=1S/C22H24N6O2/c1-14(2)12-18(21-27-26-20-6-4-5-11-28(20)21)23-22(29)19-13-17(24-25-19)15-7-9-16(30-3)10-8-15/h4-11,13-14,18H,12H2,1-3H3,(H,23,29)(H,24,25)/t18-/m0/s1. The number of amides is 1. The third kappa shape index (κ3) is 4.03. The molecule has 0 aliphatic carbocycles. The molecule has 0 aliphatic heterocycles. The minimum Gasteiger partial charge on any atom is -0.497 e. The van der Waals surface area contributed by atoms with E-state index < -0.39 is 0 Å². The maximum atomic E-state index is 13.0. The highest BCUT2D eigenvalue weighted by Crippen LogP contribution is 2.23. The topological polar surface area (TPSA) is 97.2 Å². The number of methoxy groups -OCH3 is 1. The second-order valence-electron chi connectivity index (χ2n) is 7.54. The van der Waals surface area contributed by atoms with Gasteiger partial charge in [0.15, 0.2) is 11.5 Å². The Hall–Kier alpha value is -3.68. The molecule has 1 atom stereocenters. The van der Waals surface area contributed by atoms with Gasteiger partial charge in [-0.15, -0.1) is 10.2 Å². The lowest BCUT2D eigenvalue weighted by molar-refractivity contribution is 0.0924. The third-order valence-corrected chi connectivity index (χ3v) is 4.87. The van der Waals surface area contributed by atoms with Gasteiger partial charge in [0.25, 0.3) is 5.91 Å². The lowest BCUT2D eigenvalue weighted by Crippen LogP contribution is -2.31. The Labute approximate surface area is 174 Å². The lowest BCUT2D eigenvalue weighted by atomic mass is 10.0. The van der Waals surface area contributed by atoms with Crippen molar-refractivity contribution in [1.29, 1.82) is 0 Å². The first-order chi connectivity index (χ1) is 14.5. The third-order valence-electron chi connectivity index (χ3n) is 4.87. The van der Waals surface area contributed by atoms with Crippen LogP contribution in [0, 0.1) is 5.92 Å². The highest BCUT2D eigenvalue weighted by Gasteiger charge is 2.23. The molecule has 0 spiro atoms. The van der Waals surface area contributed by atoms with Crippen LogP contribution in [0.4, 0.5) is 0 Å². The summed E-state index contributed by atoms with van der Waals surface area (Å²) in [4.78, 5) is 13.0. The molecule has 0 saturated heterocycles. The molecule has 1 amide bonds. The summed E-state index contributed by atoms with van der Waals surface area (Å²) < 4.78 is 7.09. The number of fused-ring (bicyclic) bond motifs is 1. The summed E-state index contributed by atoms with van der Waals surface area (Å²) in [6.45, 7) is 4.22. The Morgan fingerprint density at radius 3 is 2.70 bits per heavy atom. The average molecular weight is 404 g/mol. The fourth-order valence-corrected chi connectivity index (χ4v) is 3.38. The number of benzene rings is 1. The van der Waals surface area contributed by atoms with Crippen molar-refractivity contribution in [3.05, 3.63) is 66.2 Å². The van der Waals surface area contributed by atoms with Crippen molar-refractivity contribution in [1.82, 2.24) is 30.1 Å². The molecule has 2 N–H and O–H groups in total. The Morgan fingerprint density at radius 1 is 1.17 bits per heavy atom. The molecule has 0 radical (unpaired) electrons. The summed E-state index contributed by atoms with van der Waals surface area (Å²) in [5.74, 6) is 1.61. The predicted molar refractivity (Wildman–Crippen MR) is 113 cm³/mol. The molecule has 3 aromatic heterocycles. The van der Waals surface area contributed by atoms with Crippen LogP contribution < -0.4 is 10.1 Å². The molecule has 8 heteroatoms. The fraction of sp³-hybridized carbons (Fsp3) is 0.273. The van der Waals surface area contributed by atoms with E-state index in [1.165, 1.54) is 0 Å². The van der Waals surface area contributed by atoms with Crippen molar-refractivity contribution in [2.75, 3.05) is 7.11 Å². The quantitative estimate of drug-likeness (QED) is 0.490. The Bertz CT molecular complexity index is 1150. The van der Waals surface area contributed by atoms with Crippen LogP contribution in [-0.4, -0.2) is 37.8 Å². The van der Waals surface area contributed by atoms with E-state index in [1.54, 1.807) is 13.2 Å². The molecule has 154 valence electrons. The molecule has 3 heterocycles. The van der Waals surface area contributed by atoms with Gasteiger partial charge in [0.2, 0.25) is 0 Å². The number of ether oxygens (including phenoxy) is 1. The number of aromatic nitrogens is 5. The molecule has 0 unspecified atom stereocenters. The van der Waals surface area contributed by atoms with Crippen LogP contribution in [0.5, 0.6) is 5.75 Å². The second kappa shape index (κ2) is 8.36. The van der Waals surface area contributed by atoms with E-state index in [0.29, 0.717) is 23.1 Å². The van der Waals surface area contributed by atoms with E-state index in [2.05, 4.69) is 39.6 Å². The normalized spacial score (nSPS) is 12.3. The van der Waals surface area contributed by atoms with Gasteiger partial charge < -0.3 is 10.1 Å². The number of hydrogen-bond donors (Lipinski definition) is 2. The molecule has 0 bridgehead atoms. The maximum Gasteiger partial charge on any atom is 0.269 e. The van der Waals surface area contributed by atoms with Crippen LogP contribution in [0.3, 0.4) is 0 Å². The molecule has 0 aliphatic rings. The minimum absolute atomic E-state index is 0.236. The number of pyridine rings is 1.